The molecule has 1 aromatic heterocycles. The zero-order chi connectivity index (χ0) is 26.9. The number of nitrogens with zero attached hydrogens (tertiary/aromatic N) is 2. The Bertz CT molecular complexity index is 1430. The molecule has 200 valence electrons. The number of aromatic nitrogens is 2. The first-order valence-electron chi connectivity index (χ1n) is 14.0. The van der Waals surface area contributed by atoms with Gasteiger partial charge >= 0.3 is 0 Å². The predicted octanol–water partition coefficient (Wildman–Crippen LogP) is 7.07. The molecule has 0 unspecified atom stereocenters. The third-order valence-corrected chi connectivity index (χ3v) is 7.28. The fourth-order valence-electron chi connectivity index (χ4n) is 5.23. The number of likely N-dealkylation sites (tertiary alicyclic amines) is 1. The molecule has 0 radical (unpaired) electrons. The highest BCUT2D eigenvalue weighted by molar-refractivity contribution is 6.00. The highest BCUT2D eigenvalue weighted by atomic mass is 16.5. The Morgan fingerprint density at radius 1 is 1.00 bits per heavy atom. The zero-order valence-corrected chi connectivity index (χ0v) is 22.8. The Hall–Kier alpha value is -4.09. The summed E-state index contributed by atoms with van der Waals surface area (Å²) in [4.78, 5) is 2.35. The van der Waals surface area contributed by atoms with Crippen LogP contribution in [0.4, 0.5) is 0 Å². The number of allylic oxidation sites excluding steroid dienone is 2. The van der Waals surface area contributed by atoms with Crippen molar-refractivity contribution < 1.29 is 4.74 Å². The van der Waals surface area contributed by atoms with Gasteiger partial charge in [-0.25, -0.2) is 0 Å². The largest absolute Gasteiger partial charge is 0.492 e. The van der Waals surface area contributed by atoms with Crippen LogP contribution >= 0.6 is 0 Å². The summed E-state index contributed by atoms with van der Waals surface area (Å²) in [5, 5.41) is 11.8. The number of nitrogens with one attached hydrogen (secondary N) is 2. The van der Waals surface area contributed by atoms with E-state index in [0.717, 1.165) is 54.9 Å². The van der Waals surface area contributed by atoms with Gasteiger partial charge in [-0.3, -0.25) is 5.10 Å². The van der Waals surface area contributed by atoms with Crippen molar-refractivity contribution >= 4 is 22.0 Å². The van der Waals surface area contributed by atoms with Crippen molar-refractivity contribution in [3.8, 4) is 5.75 Å². The lowest BCUT2D eigenvalue weighted by Gasteiger charge is -2.17. The molecule has 0 atom stereocenters. The second-order valence-electron chi connectivity index (χ2n) is 9.91. The first kappa shape index (κ1) is 26.5. The van der Waals surface area contributed by atoms with E-state index in [2.05, 4.69) is 119 Å². The standard InChI is InChI=1S/C34H38N4O/c1-3-32(27-11-5-4-6-12-27)34(29-15-18-33-30(24-29)25-36-37-33)28-13-16-31(17-14-28)39-23-20-35-19-9-10-26(2)38-21-7-8-22-38/h4-6,9-18,24-25,35H,2-3,7-8,19-23H2,1H3,(H,36,37)/b10-9+,34-32+. The Balaban J connectivity index is 1.25. The molecule has 2 heterocycles. The molecule has 4 aromatic rings. The van der Waals surface area contributed by atoms with Gasteiger partial charge in [0.15, 0.2) is 0 Å². The Kier molecular flexibility index (Phi) is 8.92. The minimum atomic E-state index is 0.615. The van der Waals surface area contributed by atoms with E-state index in [1.807, 2.05) is 6.20 Å². The minimum absolute atomic E-state index is 0.615. The van der Waals surface area contributed by atoms with Crippen LogP contribution in [0.3, 0.4) is 0 Å². The molecule has 1 aliphatic heterocycles. The van der Waals surface area contributed by atoms with Crippen molar-refractivity contribution in [2.45, 2.75) is 26.2 Å². The maximum atomic E-state index is 6.03. The first-order chi connectivity index (χ1) is 19.2. The van der Waals surface area contributed by atoms with Gasteiger partial charge in [-0.1, -0.05) is 68.1 Å². The number of H-pyrrole nitrogens is 1. The van der Waals surface area contributed by atoms with E-state index in [0.29, 0.717) is 6.61 Å². The molecule has 5 heteroatoms. The van der Waals surface area contributed by atoms with Crippen LogP contribution in [0.1, 0.15) is 42.9 Å². The summed E-state index contributed by atoms with van der Waals surface area (Å²) >= 11 is 0. The number of rotatable bonds is 12. The smallest absolute Gasteiger partial charge is 0.119 e. The molecule has 39 heavy (non-hydrogen) atoms. The minimum Gasteiger partial charge on any atom is -0.492 e. The molecule has 3 aromatic carbocycles. The average molecular weight is 519 g/mol. The number of ether oxygens (including phenoxy) is 1. The van der Waals surface area contributed by atoms with Gasteiger partial charge in [0.25, 0.3) is 0 Å². The quantitative estimate of drug-likeness (QED) is 0.120. The van der Waals surface area contributed by atoms with E-state index in [9.17, 15) is 0 Å². The highest BCUT2D eigenvalue weighted by Crippen LogP contribution is 2.36. The van der Waals surface area contributed by atoms with Gasteiger partial charge in [-0.2, -0.15) is 5.10 Å². The van der Waals surface area contributed by atoms with Crippen LogP contribution in [-0.2, 0) is 0 Å². The van der Waals surface area contributed by atoms with Crippen molar-refractivity contribution in [2.75, 3.05) is 32.8 Å². The molecule has 5 nitrogen and oxygen atoms in total. The summed E-state index contributed by atoms with van der Waals surface area (Å²) in [5.41, 5.74) is 8.31. The van der Waals surface area contributed by atoms with Crippen LogP contribution in [0.15, 0.2) is 103 Å². The number of aromatic amines is 1. The normalized spacial score (nSPS) is 14.2. The summed E-state index contributed by atoms with van der Waals surface area (Å²) in [6.07, 6.45) is 9.61. The Labute approximate surface area is 231 Å². The third kappa shape index (κ3) is 6.68. The number of hydrogen-bond acceptors (Lipinski definition) is 4. The van der Waals surface area contributed by atoms with Gasteiger partial charge in [-0.05, 0) is 77.4 Å². The summed E-state index contributed by atoms with van der Waals surface area (Å²) in [6.45, 7) is 10.9. The summed E-state index contributed by atoms with van der Waals surface area (Å²) < 4.78 is 6.03. The van der Waals surface area contributed by atoms with Gasteiger partial charge in [0, 0.05) is 37.3 Å². The van der Waals surface area contributed by atoms with Crippen LogP contribution in [0, 0.1) is 0 Å². The van der Waals surface area contributed by atoms with Crippen molar-refractivity contribution in [3.63, 3.8) is 0 Å². The lowest BCUT2D eigenvalue weighted by Crippen LogP contribution is -2.21. The molecule has 2 N–H and O–H groups in total. The maximum absolute atomic E-state index is 6.03. The van der Waals surface area contributed by atoms with Crippen LogP contribution in [0.5, 0.6) is 5.75 Å². The predicted molar refractivity (Wildman–Crippen MR) is 163 cm³/mol. The van der Waals surface area contributed by atoms with E-state index in [1.165, 1.54) is 40.7 Å². The molecule has 0 bridgehead atoms. The molecular weight excluding hydrogens is 480 g/mol. The van der Waals surface area contributed by atoms with Crippen LogP contribution < -0.4 is 10.1 Å². The summed E-state index contributed by atoms with van der Waals surface area (Å²) in [7, 11) is 0. The molecule has 5 rings (SSSR count). The molecule has 0 saturated carbocycles. The molecule has 1 fully saturated rings. The molecular formula is C34H38N4O. The van der Waals surface area contributed by atoms with E-state index >= 15 is 0 Å². The lowest BCUT2D eigenvalue weighted by molar-refractivity contribution is 0.316. The van der Waals surface area contributed by atoms with Crippen molar-refractivity contribution in [1.29, 1.82) is 0 Å². The second kappa shape index (κ2) is 13.1. The van der Waals surface area contributed by atoms with Crippen LogP contribution in [0.25, 0.3) is 22.0 Å². The maximum Gasteiger partial charge on any atom is 0.119 e. The van der Waals surface area contributed by atoms with Gasteiger partial charge in [-0.15, -0.1) is 0 Å². The molecule has 1 saturated heterocycles. The monoisotopic (exact) mass is 518 g/mol. The third-order valence-electron chi connectivity index (χ3n) is 7.28. The van der Waals surface area contributed by atoms with Crippen molar-refractivity contribution in [2.24, 2.45) is 0 Å². The fourth-order valence-corrected chi connectivity index (χ4v) is 5.23. The summed E-state index contributed by atoms with van der Waals surface area (Å²) in [5.74, 6) is 0.876. The Morgan fingerprint density at radius 2 is 1.77 bits per heavy atom. The van der Waals surface area contributed by atoms with Crippen LogP contribution in [-0.4, -0.2) is 47.9 Å². The average Bonchev–Trinajstić information content (AvgIpc) is 3.69. The fraction of sp³-hybridized carbons (Fsp3) is 0.265. The van der Waals surface area contributed by atoms with Crippen molar-refractivity contribution in [1.82, 2.24) is 20.4 Å². The molecule has 0 spiro atoms. The summed E-state index contributed by atoms with van der Waals surface area (Å²) in [6, 6.07) is 25.7. The van der Waals surface area contributed by atoms with Gasteiger partial charge in [0.05, 0.1) is 11.7 Å². The molecule has 0 aliphatic carbocycles. The lowest BCUT2D eigenvalue weighted by atomic mass is 9.88. The van der Waals surface area contributed by atoms with E-state index < -0.39 is 0 Å². The van der Waals surface area contributed by atoms with Gasteiger partial charge in [0.1, 0.15) is 12.4 Å². The van der Waals surface area contributed by atoms with Gasteiger partial charge in [0.2, 0.25) is 0 Å². The highest BCUT2D eigenvalue weighted by Gasteiger charge is 2.14. The van der Waals surface area contributed by atoms with E-state index in [4.69, 9.17) is 4.74 Å². The first-order valence-corrected chi connectivity index (χ1v) is 14.0. The zero-order valence-electron chi connectivity index (χ0n) is 22.8. The molecule has 0 amide bonds. The second-order valence-corrected chi connectivity index (χ2v) is 9.91. The molecule has 1 aliphatic rings. The van der Waals surface area contributed by atoms with Crippen molar-refractivity contribution in [3.05, 3.63) is 120 Å². The Morgan fingerprint density at radius 3 is 2.54 bits per heavy atom. The topological polar surface area (TPSA) is 53.2 Å². The number of benzene rings is 3. The SMILES string of the molecule is C=C(/C=C/CNCCOc1ccc(/C(=C(/CC)c2ccccc2)c2ccc3[nH]ncc3c2)cc1)N1CCCC1. The number of fused-ring (bicyclic) bond motifs is 1. The number of hydrogen-bond donors (Lipinski definition) is 2. The van der Waals surface area contributed by atoms with Gasteiger partial charge < -0.3 is 15.0 Å². The van der Waals surface area contributed by atoms with Crippen LogP contribution in [0.2, 0.25) is 0 Å². The van der Waals surface area contributed by atoms with E-state index in [-0.39, 0.29) is 0 Å². The van der Waals surface area contributed by atoms with E-state index in [1.54, 1.807) is 0 Å².